The number of hydrogen-bond donors (Lipinski definition) is 0. The molecule has 0 saturated carbocycles. The molecule has 1 fully saturated rings. The van der Waals surface area contributed by atoms with Crippen molar-refractivity contribution in [1.29, 1.82) is 5.26 Å². The summed E-state index contributed by atoms with van der Waals surface area (Å²) in [6.45, 7) is -0.0434. The summed E-state index contributed by atoms with van der Waals surface area (Å²) in [5.41, 5.74) is 1.06. The topological polar surface area (TPSA) is 103 Å². The van der Waals surface area contributed by atoms with Crippen LogP contribution in [0.3, 0.4) is 0 Å². The Kier molecular flexibility index (Phi) is 7.04. The Morgan fingerprint density at radius 2 is 1.66 bits per heavy atom. The van der Waals surface area contributed by atoms with Crippen LogP contribution in [0.4, 0.5) is 5.69 Å². The van der Waals surface area contributed by atoms with E-state index in [2.05, 4.69) is 0 Å². The molecule has 0 aliphatic carbocycles. The van der Waals surface area contributed by atoms with Crippen LogP contribution in [0.1, 0.15) is 12.8 Å². The van der Waals surface area contributed by atoms with Crippen molar-refractivity contribution >= 4 is 44.0 Å². The van der Waals surface area contributed by atoms with E-state index in [4.69, 9.17) is 11.6 Å². The second-order valence-corrected chi connectivity index (χ2v) is 11.3. The molecule has 4 aromatic rings. The van der Waals surface area contributed by atoms with Crippen molar-refractivity contribution in [2.24, 2.45) is 0 Å². The summed E-state index contributed by atoms with van der Waals surface area (Å²) >= 11 is 6.05. The van der Waals surface area contributed by atoms with Gasteiger partial charge in [-0.1, -0.05) is 29.8 Å². The van der Waals surface area contributed by atoms with E-state index in [1.807, 2.05) is 6.07 Å². The highest BCUT2D eigenvalue weighted by Crippen LogP contribution is 2.30. The number of carbonyl (C=O) groups is 1. The lowest BCUT2D eigenvalue weighted by Gasteiger charge is -2.37. The Balaban J connectivity index is 1.45. The fourth-order valence-electron chi connectivity index (χ4n) is 4.74. The van der Waals surface area contributed by atoms with Crippen molar-refractivity contribution in [2.45, 2.75) is 23.8 Å². The summed E-state index contributed by atoms with van der Waals surface area (Å²) in [6.07, 6.45) is 2.52. The number of nitriles is 1. The number of halogens is 1. The first-order valence-corrected chi connectivity index (χ1v) is 13.8. The number of nitrogens with zero attached hydrogens (tertiary/aromatic N) is 4. The SMILES string of the molecule is N#CCN(C1CCCN(c2ccc(-n3ccccc3=O)cc2)C1=O)S(=O)(=O)c1ccc2cc(Cl)ccc2c1. The van der Waals surface area contributed by atoms with Crippen LogP contribution in [0.15, 0.2) is 94.7 Å². The molecule has 5 rings (SSSR count). The van der Waals surface area contributed by atoms with Crippen LogP contribution in [0.5, 0.6) is 0 Å². The molecule has 1 aromatic heterocycles. The monoisotopic (exact) mass is 546 g/mol. The van der Waals surface area contributed by atoms with Crippen molar-refractivity contribution in [3.8, 4) is 11.8 Å². The van der Waals surface area contributed by atoms with Gasteiger partial charge in [-0.3, -0.25) is 14.2 Å². The Morgan fingerprint density at radius 3 is 2.39 bits per heavy atom. The fraction of sp³-hybridized carbons (Fsp3) is 0.179. The third kappa shape index (κ3) is 4.82. The number of rotatable bonds is 6. The van der Waals surface area contributed by atoms with Gasteiger partial charge < -0.3 is 4.90 Å². The molecule has 0 bridgehead atoms. The average molecular weight is 547 g/mol. The largest absolute Gasteiger partial charge is 0.311 e. The summed E-state index contributed by atoms with van der Waals surface area (Å²) in [5, 5.41) is 11.5. The lowest BCUT2D eigenvalue weighted by Crippen LogP contribution is -2.54. The molecule has 3 aromatic carbocycles. The summed E-state index contributed by atoms with van der Waals surface area (Å²) < 4.78 is 29.9. The molecule has 0 radical (unpaired) electrons. The summed E-state index contributed by atoms with van der Waals surface area (Å²) in [7, 11) is -4.16. The maximum absolute atomic E-state index is 13.7. The predicted octanol–water partition coefficient (Wildman–Crippen LogP) is 4.35. The van der Waals surface area contributed by atoms with Crippen LogP contribution >= 0.6 is 11.6 Å². The minimum Gasteiger partial charge on any atom is -0.311 e. The highest BCUT2D eigenvalue weighted by atomic mass is 35.5. The fourth-order valence-corrected chi connectivity index (χ4v) is 6.46. The predicted molar refractivity (Wildman–Crippen MR) is 146 cm³/mol. The van der Waals surface area contributed by atoms with Crippen LogP contribution < -0.4 is 10.5 Å². The number of sulfonamides is 1. The van der Waals surface area contributed by atoms with Gasteiger partial charge in [0.25, 0.3) is 5.56 Å². The molecule has 1 aliphatic rings. The number of benzene rings is 3. The van der Waals surface area contributed by atoms with Gasteiger partial charge in [0, 0.05) is 35.2 Å². The second kappa shape index (κ2) is 10.4. The van der Waals surface area contributed by atoms with E-state index in [9.17, 15) is 23.3 Å². The first-order chi connectivity index (χ1) is 18.3. The lowest BCUT2D eigenvalue weighted by atomic mass is 10.0. The molecule has 10 heteroatoms. The van der Waals surface area contributed by atoms with Gasteiger partial charge in [-0.15, -0.1) is 0 Å². The van der Waals surface area contributed by atoms with Gasteiger partial charge in [0.1, 0.15) is 12.6 Å². The second-order valence-electron chi connectivity index (χ2n) is 8.93. The molecule has 192 valence electrons. The van der Waals surface area contributed by atoms with Gasteiger partial charge in [-0.25, -0.2) is 8.42 Å². The Labute approximate surface area is 225 Å². The quantitative estimate of drug-likeness (QED) is 0.334. The normalized spacial score (nSPS) is 16.1. The zero-order valence-corrected chi connectivity index (χ0v) is 21.8. The zero-order valence-electron chi connectivity index (χ0n) is 20.2. The van der Waals surface area contributed by atoms with Crippen molar-refractivity contribution in [3.63, 3.8) is 0 Å². The molecule has 38 heavy (non-hydrogen) atoms. The van der Waals surface area contributed by atoms with E-state index in [1.165, 1.54) is 27.7 Å². The number of pyridine rings is 1. The van der Waals surface area contributed by atoms with Crippen molar-refractivity contribution < 1.29 is 13.2 Å². The molecule has 8 nitrogen and oxygen atoms in total. The molecule has 1 aliphatic heterocycles. The number of carbonyl (C=O) groups excluding carboxylic acids is 1. The molecule has 0 spiro atoms. The molecular weight excluding hydrogens is 524 g/mol. The number of amides is 1. The third-order valence-electron chi connectivity index (χ3n) is 6.63. The van der Waals surface area contributed by atoms with Gasteiger partial charge in [0.2, 0.25) is 15.9 Å². The van der Waals surface area contributed by atoms with Gasteiger partial charge >= 0.3 is 0 Å². The maximum Gasteiger partial charge on any atom is 0.255 e. The Hall–Kier alpha value is -3.97. The molecule has 1 amide bonds. The molecule has 1 unspecified atom stereocenters. The van der Waals surface area contributed by atoms with E-state index < -0.39 is 28.5 Å². The standard InChI is InChI=1S/C28H23ClN4O4S/c29-22-8-6-21-19-25(13-7-20(21)18-22)38(36,37)33(17-14-30)26-4-3-16-32(28(26)35)24-11-9-23(10-12-24)31-15-2-1-5-27(31)34/h1-2,5-13,15,18-19,26H,3-4,16-17H2. The molecule has 2 heterocycles. The van der Waals surface area contributed by atoms with Crippen molar-refractivity contribution in [3.05, 3.63) is 100 Å². The molecule has 1 saturated heterocycles. The molecule has 1 atom stereocenters. The minimum absolute atomic E-state index is 0.00477. The van der Waals surface area contributed by atoms with E-state index in [-0.39, 0.29) is 10.5 Å². The van der Waals surface area contributed by atoms with Crippen LogP contribution in [-0.4, -0.2) is 42.3 Å². The van der Waals surface area contributed by atoms with Gasteiger partial charge in [0.15, 0.2) is 0 Å². The third-order valence-corrected chi connectivity index (χ3v) is 8.71. The highest BCUT2D eigenvalue weighted by molar-refractivity contribution is 7.89. The van der Waals surface area contributed by atoms with Crippen LogP contribution in [0, 0.1) is 11.3 Å². The van der Waals surface area contributed by atoms with E-state index in [0.717, 1.165) is 9.69 Å². The first kappa shape index (κ1) is 25.7. The van der Waals surface area contributed by atoms with E-state index >= 15 is 0 Å². The van der Waals surface area contributed by atoms with Gasteiger partial charge in [0.05, 0.1) is 11.0 Å². The number of piperidine rings is 1. The summed E-state index contributed by atoms with van der Waals surface area (Å²) in [5.74, 6) is -0.396. The average Bonchev–Trinajstić information content (AvgIpc) is 2.92. The van der Waals surface area contributed by atoms with Crippen molar-refractivity contribution in [2.75, 3.05) is 18.0 Å². The molecular formula is C28H23ClN4O4S. The highest BCUT2D eigenvalue weighted by Gasteiger charge is 2.40. The van der Waals surface area contributed by atoms with Crippen molar-refractivity contribution in [1.82, 2.24) is 8.87 Å². The minimum atomic E-state index is -4.16. The Bertz CT molecular complexity index is 1730. The van der Waals surface area contributed by atoms with Gasteiger partial charge in [-0.2, -0.15) is 9.57 Å². The summed E-state index contributed by atoms with van der Waals surface area (Å²) in [4.78, 5) is 27.3. The molecule has 0 N–H and O–H groups in total. The van der Waals surface area contributed by atoms with E-state index in [0.29, 0.717) is 41.2 Å². The maximum atomic E-state index is 13.7. The number of fused-ring (bicyclic) bond motifs is 1. The lowest BCUT2D eigenvalue weighted by molar-refractivity contribution is -0.123. The number of anilines is 1. The van der Waals surface area contributed by atoms with Crippen LogP contribution in [-0.2, 0) is 14.8 Å². The first-order valence-electron chi connectivity index (χ1n) is 12.0. The smallest absolute Gasteiger partial charge is 0.255 e. The van der Waals surface area contributed by atoms with E-state index in [1.54, 1.807) is 66.9 Å². The summed E-state index contributed by atoms with van der Waals surface area (Å²) in [6, 6.07) is 22.5. The number of aromatic nitrogens is 1. The number of hydrogen-bond acceptors (Lipinski definition) is 5. The van der Waals surface area contributed by atoms with Crippen LogP contribution in [0.25, 0.3) is 16.5 Å². The zero-order chi connectivity index (χ0) is 26.9. The Morgan fingerprint density at radius 1 is 0.947 bits per heavy atom. The van der Waals surface area contributed by atoms with Crippen LogP contribution in [0.2, 0.25) is 5.02 Å². The van der Waals surface area contributed by atoms with Gasteiger partial charge in [-0.05, 0) is 78.2 Å².